The van der Waals surface area contributed by atoms with Gasteiger partial charge < -0.3 is 0 Å². The lowest BCUT2D eigenvalue weighted by Gasteiger charge is -2.56. The van der Waals surface area contributed by atoms with Crippen molar-refractivity contribution in [3.05, 3.63) is 0 Å². The van der Waals surface area contributed by atoms with Gasteiger partial charge in [-0.3, -0.25) is 9.35 Å². The zero-order chi connectivity index (χ0) is 20.1. The molecule has 4 fully saturated rings. The van der Waals surface area contributed by atoms with Gasteiger partial charge in [0.25, 0.3) is 0 Å². The molecule has 0 heterocycles. The Bertz CT molecular complexity index is 770. The minimum absolute atomic E-state index is 0.000874. The van der Waals surface area contributed by atoms with E-state index in [1.165, 1.54) is 38.5 Å². The standard InChI is InChI=1S/C22H32O4S2/c1-3-14-4-6-16-15(12-14)5-7-18-17(16)10-11-22(2)19(18)8-9-20(22)21(23)13-27-28(24,25)26/h1,14-20H,4-13H2,2H3,(H,24,25,26). The number of fused-ring (bicyclic) bond motifs is 5. The third kappa shape index (κ3) is 3.68. The molecule has 28 heavy (non-hydrogen) atoms. The van der Waals surface area contributed by atoms with E-state index >= 15 is 0 Å². The summed E-state index contributed by atoms with van der Waals surface area (Å²) in [6, 6.07) is 0. The second kappa shape index (κ2) is 7.63. The molecule has 0 saturated heterocycles. The van der Waals surface area contributed by atoms with Crippen LogP contribution in [0.1, 0.15) is 64.7 Å². The van der Waals surface area contributed by atoms with Gasteiger partial charge in [0.2, 0.25) is 0 Å². The van der Waals surface area contributed by atoms with E-state index in [0.717, 1.165) is 42.9 Å². The molecule has 4 rings (SSSR count). The quantitative estimate of drug-likeness (QED) is 0.405. The maximum atomic E-state index is 12.8. The van der Waals surface area contributed by atoms with Crippen molar-refractivity contribution in [1.29, 1.82) is 0 Å². The summed E-state index contributed by atoms with van der Waals surface area (Å²) in [6.45, 7) is 2.28. The van der Waals surface area contributed by atoms with Crippen LogP contribution in [0.2, 0.25) is 0 Å². The lowest BCUT2D eigenvalue weighted by atomic mass is 9.49. The van der Waals surface area contributed by atoms with Gasteiger partial charge in [0.15, 0.2) is 0 Å². The molecule has 0 bridgehead atoms. The molecule has 0 aromatic carbocycles. The molecule has 8 atom stereocenters. The monoisotopic (exact) mass is 424 g/mol. The molecule has 0 aliphatic heterocycles. The van der Waals surface area contributed by atoms with Crippen molar-refractivity contribution in [3.63, 3.8) is 0 Å². The van der Waals surface area contributed by atoms with Gasteiger partial charge in [0.05, 0.1) is 5.75 Å². The molecule has 6 heteroatoms. The summed E-state index contributed by atoms with van der Waals surface area (Å²) in [5.41, 5.74) is 0.000874. The van der Waals surface area contributed by atoms with Crippen molar-refractivity contribution in [2.24, 2.45) is 46.8 Å². The summed E-state index contributed by atoms with van der Waals surface area (Å²) < 4.78 is 31.0. The van der Waals surface area contributed by atoms with Gasteiger partial charge in [-0.1, -0.05) is 6.92 Å². The third-order valence-corrected chi connectivity index (χ3v) is 10.9. The number of ketones is 1. The summed E-state index contributed by atoms with van der Waals surface area (Å²) >= 11 is 0. The first-order valence-electron chi connectivity index (χ1n) is 10.8. The normalized spacial score (nSPS) is 45.4. The molecule has 4 saturated carbocycles. The highest BCUT2D eigenvalue weighted by Crippen LogP contribution is 2.64. The van der Waals surface area contributed by atoms with Crippen LogP contribution in [0.25, 0.3) is 0 Å². The third-order valence-electron chi connectivity index (χ3n) is 8.93. The first-order chi connectivity index (χ1) is 13.2. The van der Waals surface area contributed by atoms with E-state index in [9.17, 15) is 13.2 Å². The van der Waals surface area contributed by atoms with E-state index in [1.807, 2.05) is 0 Å². The number of rotatable bonds is 4. The lowest BCUT2D eigenvalue weighted by Crippen LogP contribution is -2.49. The molecule has 0 spiro atoms. The smallest absolute Gasteiger partial charge is 0.298 e. The van der Waals surface area contributed by atoms with Crippen molar-refractivity contribution in [3.8, 4) is 12.3 Å². The van der Waals surface area contributed by atoms with Crippen molar-refractivity contribution >= 4 is 25.7 Å². The molecule has 0 aromatic heterocycles. The van der Waals surface area contributed by atoms with Gasteiger partial charge in [0, 0.05) is 22.6 Å². The first kappa shape index (κ1) is 20.8. The zero-order valence-electron chi connectivity index (χ0n) is 16.7. The Hall–Kier alpha value is -0.510. The summed E-state index contributed by atoms with van der Waals surface area (Å²) in [5.74, 6) is 7.00. The molecule has 4 nitrogen and oxygen atoms in total. The zero-order valence-corrected chi connectivity index (χ0v) is 18.3. The van der Waals surface area contributed by atoms with Crippen LogP contribution >= 0.6 is 10.8 Å². The largest absolute Gasteiger partial charge is 0.320 e. The van der Waals surface area contributed by atoms with Gasteiger partial charge in [-0.05, 0) is 92.8 Å². The van der Waals surface area contributed by atoms with E-state index in [-0.39, 0.29) is 22.9 Å². The van der Waals surface area contributed by atoms with Crippen molar-refractivity contribution < 1.29 is 17.8 Å². The fraction of sp³-hybridized carbons (Fsp3) is 0.864. The number of terminal acetylenes is 1. The highest BCUT2D eigenvalue weighted by atomic mass is 33.1. The molecule has 8 unspecified atom stereocenters. The fourth-order valence-corrected chi connectivity index (χ4v) is 9.03. The minimum Gasteiger partial charge on any atom is -0.298 e. The van der Waals surface area contributed by atoms with Crippen molar-refractivity contribution in [1.82, 2.24) is 0 Å². The molecular weight excluding hydrogens is 392 g/mol. The fourth-order valence-electron chi connectivity index (χ4n) is 7.77. The summed E-state index contributed by atoms with van der Waals surface area (Å²) in [4.78, 5) is 12.8. The summed E-state index contributed by atoms with van der Waals surface area (Å²) in [5, 5.41) is 0. The van der Waals surface area contributed by atoms with E-state index in [2.05, 4.69) is 12.8 Å². The van der Waals surface area contributed by atoms with Crippen LogP contribution in [0, 0.1) is 59.2 Å². The van der Waals surface area contributed by atoms with Gasteiger partial charge in [0.1, 0.15) is 5.78 Å². The highest BCUT2D eigenvalue weighted by molar-refractivity contribution is 8.70. The van der Waals surface area contributed by atoms with Crippen LogP contribution in [0.5, 0.6) is 0 Å². The summed E-state index contributed by atoms with van der Waals surface area (Å²) in [6.07, 6.45) is 16.2. The Morgan fingerprint density at radius 3 is 2.57 bits per heavy atom. The van der Waals surface area contributed by atoms with Crippen LogP contribution in [0.15, 0.2) is 0 Å². The Balaban J connectivity index is 1.47. The molecule has 1 N–H and O–H groups in total. The van der Waals surface area contributed by atoms with Crippen LogP contribution in [-0.4, -0.2) is 24.5 Å². The Kier molecular flexibility index (Phi) is 5.66. The van der Waals surface area contributed by atoms with E-state index < -0.39 is 9.15 Å². The number of Topliss-reactive ketones (excluding diaryl/α,β-unsaturated/α-hetero) is 1. The number of hydrogen-bond donors (Lipinski definition) is 1. The second-order valence-corrected chi connectivity index (χ2v) is 13.3. The van der Waals surface area contributed by atoms with Gasteiger partial charge in [-0.15, -0.1) is 12.3 Å². The predicted molar refractivity (Wildman–Crippen MR) is 112 cm³/mol. The van der Waals surface area contributed by atoms with Gasteiger partial charge in [-0.2, -0.15) is 8.42 Å². The minimum atomic E-state index is -4.16. The molecular formula is C22H32O4S2. The van der Waals surface area contributed by atoms with E-state index in [1.54, 1.807) is 0 Å². The maximum Gasteiger partial charge on any atom is 0.320 e. The topological polar surface area (TPSA) is 71.4 Å². The van der Waals surface area contributed by atoms with Crippen LogP contribution in [0.4, 0.5) is 0 Å². The molecule has 0 amide bonds. The molecule has 0 aromatic rings. The lowest BCUT2D eigenvalue weighted by molar-refractivity contribution is -0.127. The molecule has 4 aliphatic rings. The van der Waals surface area contributed by atoms with Crippen molar-refractivity contribution in [2.75, 3.05) is 5.75 Å². The number of carbonyl (C=O) groups is 1. The second-order valence-electron chi connectivity index (χ2n) is 9.94. The van der Waals surface area contributed by atoms with Crippen molar-refractivity contribution in [2.45, 2.75) is 64.7 Å². The van der Waals surface area contributed by atoms with E-state index in [0.29, 0.717) is 22.6 Å². The summed E-state index contributed by atoms with van der Waals surface area (Å²) in [7, 11) is -3.79. The van der Waals surface area contributed by atoms with E-state index in [4.69, 9.17) is 11.0 Å². The predicted octanol–water partition coefficient (Wildman–Crippen LogP) is 4.61. The molecule has 156 valence electrons. The Morgan fingerprint density at radius 2 is 1.86 bits per heavy atom. The van der Waals surface area contributed by atoms with Gasteiger partial charge in [-0.25, -0.2) is 0 Å². The highest BCUT2D eigenvalue weighted by Gasteiger charge is 2.58. The Labute approximate surface area is 173 Å². The Morgan fingerprint density at radius 1 is 1.11 bits per heavy atom. The van der Waals surface area contributed by atoms with Gasteiger partial charge >= 0.3 is 9.15 Å². The van der Waals surface area contributed by atoms with Crippen LogP contribution in [0.3, 0.4) is 0 Å². The first-order valence-corrected chi connectivity index (χ1v) is 13.8. The average Bonchev–Trinajstić information content (AvgIpc) is 3.02. The SMILES string of the molecule is C#CC1CCC2C(CCC3C2CCC2(C)C(C(=O)CSS(=O)(=O)O)CCC32)C1. The maximum absolute atomic E-state index is 12.8. The molecule has 4 aliphatic carbocycles. The van der Waals surface area contributed by atoms with Crippen LogP contribution < -0.4 is 0 Å². The number of carbonyl (C=O) groups excluding carboxylic acids is 1. The van der Waals surface area contributed by atoms with Crippen LogP contribution in [-0.2, 0) is 13.9 Å². The average molecular weight is 425 g/mol. The molecule has 0 radical (unpaired) electrons. The number of hydrogen-bond acceptors (Lipinski definition) is 4.